The summed E-state index contributed by atoms with van der Waals surface area (Å²) in [7, 11) is 0. The van der Waals surface area contributed by atoms with Gasteiger partial charge in [0.25, 0.3) is 5.91 Å². The van der Waals surface area contributed by atoms with Crippen molar-refractivity contribution >= 4 is 27.5 Å². The molecule has 28 heavy (non-hydrogen) atoms. The average molecular weight is 439 g/mol. The average Bonchev–Trinajstić information content (AvgIpc) is 3.32. The van der Waals surface area contributed by atoms with Crippen LogP contribution >= 0.6 is 15.9 Å². The lowest BCUT2D eigenvalue weighted by molar-refractivity contribution is 0.0954. The summed E-state index contributed by atoms with van der Waals surface area (Å²) in [5, 5.41) is 11.5. The van der Waals surface area contributed by atoms with Gasteiger partial charge in [0.1, 0.15) is 5.56 Å². The van der Waals surface area contributed by atoms with Crippen molar-refractivity contribution in [3.8, 4) is 11.3 Å². The first-order chi connectivity index (χ1) is 13.6. The van der Waals surface area contributed by atoms with E-state index in [1.54, 1.807) is 23.1 Å². The zero-order chi connectivity index (χ0) is 19.5. The molecule has 0 aliphatic carbocycles. The molecule has 4 aromatic rings. The van der Waals surface area contributed by atoms with E-state index in [9.17, 15) is 4.79 Å². The minimum Gasteiger partial charge on any atom is -0.352 e. The molecule has 1 aromatic carbocycles. The summed E-state index contributed by atoms with van der Waals surface area (Å²) in [4.78, 5) is 17.0. The largest absolute Gasteiger partial charge is 0.352 e. The van der Waals surface area contributed by atoms with Gasteiger partial charge in [0, 0.05) is 31.0 Å². The van der Waals surface area contributed by atoms with Crippen molar-refractivity contribution < 1.29 is 4.79 Å². The summed E-state index contributed by atoms with van der Waals surface area (Å²) < 4.78 is 4.49. The smallest absolute Gasteiger partial charge is 0.256 e. The Morgan fingerprint density at radius 1 is 1.14 bits per heavy atom. The van der Waals surface area contributed by atoms with E-state index in [-0.39, 0.29) is 5.91 Å². The molecule has 0 spiro atoms. The first-order valence-corrected chi connectivity index (χ1v) is 9.77. The second kappa shape index (κ2) is 7.93. The lowest BCUT2D eigenvalue weighted by Gasteiger charge is -2.06. The van der Waals surface area contributed by atoms with Crippen LogP contribution in [-0.2, 0) is 6.54 Å². The molecule has 0 aliphatic heterocycles. The van der Waals surface area contributed by atoms with Gasteiger partial charge in [0.05, 0.1) is 22.6 Å². The van der Waals surface area contributed by atoms with Crippen LogP contribution in [0.5, 0.6) is 0 Å². The van der Waals surface area contributed by atoms with E-state index in [2.05, 4.69) is 48.6 Å². The molecule has 1 N–H and O–H groups in total. The van der Waals surface area contributed by atoms with Crippen LogP contribution in [0.15, 0.2) is 59.6 Å². The van der Waals surface area contributed by atoms with Gasteiger partial charge in [0.2, 0.25) is 0 Å². The van der Waals surface area contributed by atoms with E-state index in [0.29, 0.717) is 17.8 Å². The third-order valence-electron chi connectivity index (χ3n) is 4.44. The Labute approximate surface area is 170 Å². The molecule has 3 heterocycles. The maximum Gasteiger partial charge on any atom is 0.256 e. The Hall–Kier alpha value is -3.00. The molecule has 3 aromatic heterocycles. The molecule has 0 aliphatic rings. The van der Waals surface area contributed by atoms with Crippen molar-refractivity contribution in [2.24, 2.45) is 0 Å². The van der Waals surface area contributed by atoms with Crippen LogP contribution in [0.3, 0.4) is 0 Å². The minimum atomic E-state index is -0.176. The number of benzene rings is 1. The van der Waals surface area contributed by atoms with Gasteiger partial charge in [-0.3, -0.25) is 9.48 Å². The molecule has 8 heteroatoms. The number of nitrogens with one attached hydrogen (secondary N) is 1. The van der Waals surface area contributed by atoms with Crippen molar-refractivity contribution in [1.82, 2.24) is 29.7 Å². The molecule has 0 radical (unpaired) electrons. The van der Waals surface area contributed by atoms with Crippen LogP contribution in [0.2, 0.25) is 0 Å². The maximum atomic E-state index is 12.6. The maximum absolute atomic E-state index is 12.6. The van der Waals surface area contributed by atoms with Gasteiger partial charge in [-0.05, 0) is 35.3 Å². The quantitative estimate of drug-likeness (QED) is 0.467. The Bertz CT molecular complexity index is 1120. The first kappa shape index (κ1) is 18.4. The molecule has 0 bridgehead atoms. The summed E-state index contributed by atoms with van der Waals surface area (Å²) in [6.07, 6.45) is 7.71. The number of aryl methyl sites for hydroxylation is 2. The van der Waals surface area contributed by atoms with Crippen LogP contribution in [0, 0.1) is 6.92 Å². The van der Waals surface area contributed by atoms with E-state index >= 15 is 0 Å². The normalized spacial score (nSPS) is 11.1. The number of fused-ring (bicyclic) bond motifs is 1. The fraction of sp³-hybridized carbons (Fsp3) is 0.200. The van der Waals surface area contributed by atoms with Crippen molar-refractivity contribution in [2.45, 2.75) is 19.9 Å². The van der Waals surface area contributed by atoms with Gasteiger partial charge in [-0.15, -0.1) is 0 Å². The Balaban J connectivity index is 1.47. The van der Waals surface area contributed by atoms with E-state index in [1.165, 1.54) is 5.56 Å². The number of aromatic nitrogens is 5. The molecular weight excluding hydrogens is 420 g/mol. The summed E-state index contributed by atoms with van der Waals surface area (Å²) in [6.45, 7) is 3.33. The lowest BCUT2D eigenvalue weighted by atomic mass is 10.1. The third-order valence-corrected chi connectivity index (χ3v) is 4.85. The molecule has 142 valence electrons. The molecule has 0 fully saturated rings. The van der Waals surface area contributed by atoms with Gasteiger partial charge < -0.3 is 5.32 Å². The predicted octanol–water partition coefficient (Wildman–Crippen LogP) is 3.48. The monoisotopic (exact) mass is 438 g/mol. The number of rotatable bonds is 6. The van der Waals surface area contributed by atoms with Gasteiger partial charge in [-0.2, -0.15) is 10.2 Å². The van der Waals surface area contributed by atoms with Crippen LogP contribution in [0.4, 0.5) is 0 Å². The predicted molar refractivity (Wildman–Crippen MR) is 110 cm³/mol. The SMILES string of the molecule is Cc1ccc(-c2ccnc3c(C(=O)NCCCn4cc(Br)cn4)cnn23)cc1. The zero-order valence-corrected chi connectivity index (χ0v) is 16.9. The number of carbonyl (C=O) groups excluding carboxylic acids is 1. The summed E-state index contributed by atoms with van der Waals surface area (Å²) >= 11 is 3.37. The van der Waals surface area contributed by atoms with Crippen molar-refractivity contribution in [3.05, 3.63) is 70.7 Å². The van der Waals surface area contributed by atoms with Crippen molar-refractivity contribution in [3.63, 3.8) is 0 Å². The highest BCUT2D eigenvalue weighted by Crippen LogP contribution is 2.21. The number of hydrogen-bond donors (Lipinski definition) is 1. The number of hydrogen-bond acceptors (Lipinski definition) is 4. The van der Waals surface area contributed by atoms with Gasteiger partial charge >= 0.3 is 0 Å². The molecule has 0 atom stereocenters. The van der Waals surface area contributed by atoms with E-state index in [0.717, 1.165) is 28.7 Å². The lowest BCUT2D eigenvalue weighted by Crippen LogP contribution is -2.25. The zero-order valence-electron chi connectivity index (χ0n) is 15.3. The summed E-state index contributed by atoms with van der Waals surface area (Å²) in [5.41, 5.74) is 4.13. The van der Waals surface area contributed by atoms with Gasteiger partial charge in [-0.1, -0.05) is 29.8 Å². The minimum absolute atomic E-state index is 0.176. The Morgan fingerprint density at radius 2 is 1.96 bits per heavy atom. The van der Waals surface area contributed by atoms with Crippen LogP contribution < -0.4 is 5.32 Å². The molecule has 4 rings (SSSR count). The van der Waals surface area contributed by atoms with E-state index in [1.807, 2.05) is 36.0 Å². The Morgan fingerprint density at radius 3 is 2.71 bits per heavy atom. The van der Waals surface area contributed by atoms with Crippen molar-refractivity contribution in [1.29, 1.82) is 0 Å². The molecule has 1 amide bonds. The standard InChI is InChI=1S/C20H19BrN6O/c1-14-3-5-15(6-4-14)18-7-9-22-19-17(12-25-27(18)19)20(28)23-8-2-10-26-13-16(21)11-24-26/h3-7,9,11-13H,2,8,10H2,1H3,(H,23,28). The van der Waals surface area contributed by atoms with E-state index < -0.39 is 0 Å². The molecule has 0 unspecified atom stereocenters. The molecule has 0 saturated carbocycles. The highest BCUT2D eigenvalue weighted by atomic mass is 79.9. The fourth-order valence-electron chi connectivity index (χ4n) is 2.99. The second-order valence-electron chi connectivity index (χ2n) is 6.52. The van der Waals surface area contributed by atoms with Gasteiger partial charge in [0.15, 0.2) is 5.65 Å². The number of amides is 1. The molecular formula is C20H19BrN6O. The van der Waals surface area contributed by atoms with Crippen LogP contribution in [0.1, 0.15) is 22.3 Å². The van der Waals surface area contributed by atoms with Crippen LogP contribution in [-0.4, -0.2) is 36.8 Å². The molecule has 0 saturated heterocycles. The fourth-order valence-corrected chi connectivity index (χ4v) is 3.32. The first-order valence-electron chi connectivity index (χ1n) is 8.98. The van der Waals surface area contributed by atoms with E-state index in [4.69, 9.17) is 0 Å². The topological polar surface area (TPSA) is 77.1 Å². The Kier molecular flexibility index (Phi) is 5.21. The van der Waals surface area contributed by atoms with Crippen molar-refractivity contribution in [2.75, 3.05) is 6.54 Å². The number of halogens is 1. The van der Waals surface area contributed by atoms with Gasteiger partial charge in [-0.25, -0.2) is 9.50 Å². The summed E-state index contributed by atoms with van der Waals surface area (Å²) in [5.74, 6) is -0.176. The van der Waals surface area contributed by atoms with Crippen LogP contribution in [0.25, 0.3) is 16.9 Å². The summed E-state index contributed by atoms with van der Waals surface area (Å²) in [6, 6.07) is 10.1. The molecule has 7 nitrogen and oxygen atoms in total. The highest BCUT2D eigenvalue weighted by molar-refractivity contribution is 9.10. The number of nitrogens with zero attached hydrogens (tertiary/aromatic N) is 5. The second-order valence-corrected chi connectivity index (χ2v) is 7.44. The third kappa shape index (κ3) is 3.82. The highest BCUT2D eigenvalue weighted by Gasteiger charge is 2.15. The number of carbonyl (C=O) groups is 1.